The molecule has 3 N–H and O–H groups in total. The molecule has 0 aliphatic heterocycles. The molecule has 0 aromatic heterocycles. The van der Waals surface area contributed by atoms with Gasteiger partial charge in [0.15, 0.2) is 0 Å². The molecule has 0 spiro atoms. The van der Waals surface area contributed by atoms with Crippen LogP contribution < -0.4 is 0 Å². The summed E-state index contributed by atoms with van der Waals surface area (Å²) in [5.41, 5.74) is 0. The first kappa shape index (κ1) is 10.8. The van der Waals surface area contributed by atoms with Crippen LogP contribution in [0.2, 0.25) is 0 Å². The maximum atomic E-state index is 9.09. The van der Waals surface area contributed by atoms with E-state index >= 15 is 0 Å². The molecule has 0 saturated heterocycles. The molecule has 4 heteroatoms. The molecule has 0 fully saturated rings. The summed E-state index contributed by atoms with van der Waals surface area (Å²) in [5.74, 6) is 0. The van der Waals surface area contributed by atoms with Crippen LogP contribution in [0.25, 0.3) is 0 Å². The van der Waals surface area contributed by atoms with Crippen molar-refractivity contribution in [1.29, 1.82) is 0 Å². The Labute approximate surface area is 66.4 Å². The van der Waals surface area contributed by atoms with Crippen LogP contribution in [0, 0.1) is 0 Å². The Hall–Kier alpha value is -0.160. The van der Waals surface area contributed by atoms with Crippen LogP contribution in [0.15, 0.2) is 0 Å². The van der Waals surface area contributed by atoms with E-state index in [1.54, 1.807) is 0 Å². The first-order valence-corrected chi connectivity index (χ1v) is 3.77. The predicted molar refractivity (Wildman–Crippen MR) is 40.2 cm³/mol. The lowest BCUT2D eigenvalue weighted by atomic mass is 10.2. The maximum absolute atomic E-state index is 9.09. The highest BCUT2D eigenvalue weighted by Gasteiger charge is 2.15. The molecule has 0 aromatic carbocycles. The minimum absolute atomic E-state index is 0.0609. The molecule has 4 nitrogen and oxygen atoms in total. The minimum Gasteiger partial charge on any atom is -0.394 e. The molecule has 0 aliphatic carbocycles. The van der Waals surface area contributed by atoms with Gasteiger partial charge in [-0.3, -0.25) is 0 Å². The molecule has 0 aliphatic rings. The average Bonchev–Trinajstić information content (AvgIpc) is 2.05. The lowest BCUT2D eigenvalue weighted by molar-refractivity contribution is -0.0665. The Morgan fingerprint density at radius 1 is 1.36 bits per heavy atom. The number of ether oxygens (including phenoxy) is 1. The zero-order valence-corrected chi connectivity index (χ0v) is 6.73. The van der Waals surface area contributed by atoms with Crippen LogP contribution in [-0.2, 0) is 4.74 Å². The molecule has 2 unspecified atom stereocenters. The van der Waals surface area contributed by atoms with Gasteiger partial charge in [0.1, 0.15) is 6.10 Å². The molecule has 0 saturated carbocycles. The number of hydrogen-bond donors (Lipinski definition) is 3. The molecule has 2 atom stereocenters. The fourth-order valence-corrected chi connectivity index (χ4v) is 0.823. The largest absolute Gasteiger partial charge is 0.394 e. The van der Waals surface area contributed by atoms with Gasteiger partial charge in [-0.15, -0.1) is 0 Å². The Morgan fingerprint density at radius 2 is 2.00 bits per heavy atom. The molecule has 0 radical (unpaired) electrons. The summed E-state index contributed by atoms with van der Waals surface area (Å²) in [7, 11) is 0. The van der Waals surface area contributed by atoms with E-state index < -0.39 is 6.10 Å². The lowest BCUT2D eigenvalue weighted by Gasteiger charge is -2.19. The third-order valence-electron chi connectivity index (χ3n) is 1.44. The van der Waals surface area contributed by atoms with E-state index in [0.717, 1.165) is 0 Å². The molecule has 0 bridgehead atoms. The fraction of sp³-hybridized carbons (Fsp3) is 1.00. The van der Waals surface area contributed by atoms with E-state index in [2.05, 4.69) is 0 Å². The smallest absolute Gasteiger partial charge is 0.103 e. The summed E-state index contributed by atoms with van der Waals surface area (Å²) < 4.78 is 5.03. The predicted octanol–water partition coefficient (Wildman–Crippen LogP) is -0.873. The second kappa shape index (κ2) is 6.54. The van der Waals surface area contributed by atoms with Crippen molar-refractivity contribution >= 4 is 0 Å². The van der Waals surface area contributed by atoms with Crippen molar-refractivity contribution in [2.75, 3.05) is 19.8 Å². The summed E-state index contributed by atoms with van der Waals surface area (Å²) >= 11 is 0. The zero-order valence-electron chi connectivity index (χ0n) is 6.73. The van der Waals surface area contributed by atoms with Gasteiger partial charge >= 0.3 is 0 Å². The highest BCUT2D eigenvalue weighted by Crippen LogP contribution is 2.03. The van der Waals surface area contributed by atoms with Gasteiger partial charge in [0.25, 0.3) is 0 Å². The number of rotatable bonds is 6. The molecule has 68 valence electrons. The minimum atomic E-state index is -0.841. The van der Waals surface area contributed by atoms with Gasteiger partial charge in [0.05, 0.1) is 25.9 Å². The van der Waals surface area contributed by atoms with Crippen LogP contribution in [0.4, 0.5) is 0 Å². The third-order valence-corrected chi connectivity index (χ3v) is 1.44. The van der Waals surface area contributed by atoms with Crippen LogP contribution in [0.5, 0.6) is 0 Å². The second-order valence-electron chi connectivity index (χ2n) is 2.29. The van der Waals surface area contributed by atoms with Gasteiger partial charge in [-0.2, -0.15) is 0 Å². The monoisotopic (exact) mass is 164 g/mol. The first-order chi connectivity index (χ1) is 5.26. The van der Waals surface area contributed by atoms with Gasteiger partial charge in [0, 0.05) is 0 Å². The van der Waals surface area contributed by atoms with Crippen molar-refractivity contribution in [2.24, 2.45) is 0 Å². The second-order valence-corrected chi connectivity index (χ2v) is 2.29. The summed E-state index contributed by atoms with van der Waals surface area (Å²) in [5, 5.41) is 26.0. The Bertz CT molecular complexity index is 86.5. The molecule has 0 heterocycles. The van der Waals surface area contributed by atoms with Crippen molar-refractivity contribution in [2.45, 2.75) is 25.6 Å². The average molecular weight is 164 g/mol. The Morgan fingerprint density at radius 3 is 2.36 bits per heavy atom. The number of hydrogen-bond acceptors (Lipinski definition) is 4. The van der Waals surface area contributed by atoms with E-state index in [-0.39, 0.29) is 25.9 Å². The van der Waals surface area contributed by atoms with E-state index in [4.69, 9.17) is 20.1 Å². The normalized spacial score (nSPS) is 16.4. The van der Waals surface area contributed by atoms with Gasteiger partial charge < -0.3 is 20.1 Å². The maximum Gasteiger partial charge on any atom is 0.103 e. The van der Waals surface area contributed by atoms with Crippen molar-refractivity contribution in [3.8, 4) is 0 Å². The van der Waals surface area contributed by atoms with Gasteiger partial charge in [-0.25, -0.2) is 0 Å². The molecule has 11 heavy (non-hydrogen) atoms. The van der Waals surface area contributed by atoms with Crippen LogP contribution in [-0.4, -0.2) is 47.3 Å². The molecular weight excluding hydrogens is 148 g/mol. The lowest BCUT2D eigenvalue weighted by Crippen LogP contribution is -2.32. The Balaban J connectivity index is 3.56. The first-order valence-electron chi connectivity index (χ1n) is 3.77. The molecule has 0 rings (SSSR count). The van der Waals surface area contributed by atoms with Crippen molar-refractivity contribution in [3.05, 3.63) is 0 Å². The highest BCUT2D eigenvalue weighted by molar-refractivity contribution is 4.65. The van der Waals surface area contributed by atoms with Gasteiger partial charge in [-0.05, 0) is 6.42 Å². The van der Waals surface area contributed by atoms with Gasteiger partial charge in [-0.1, -0.05) is 6.92 Å². The molecular formula is C7H16O4. The summed E-state index contributed by atoms with van der Waals surface area (Å²) in [6.07, 6.45) is -0.583. The van der Waals surface area contributed by atoms with E-state index in [0.29, 0.717) is 6.42 Å². The standard InChI is InChI=1S/C7H16O4/c1-2-7(6(10)5-9)11-4-3-8/h6-10H,2-5H2,1H3. The summed E-state index contributed by atoms with van der Waals surface area (Å²) in [6, 6.07) is 0. The number of aliphatic hydroxyl groups is 3. The quantitative estimate of drug-likeness (QED) is 0.477. The van der Waals surface area contributed by atoms with Gasteiger partial charge in [0.2, 0.25) is 0 Å². The summed E-state index contributed by atoms with van der Waals surface area (Å²) in [6.45, 7) is 1.69. The van der Waals surface area contributed by atoms with E-state index in [1.807, 2.05) is 6.92 Å². The summed E-state index contributed by atoms with van der Waals surface area (Å²) in [4.78, 5) is 0. The zero-order chi connectivity index (χ0) is 8.69. The van der Waals surface area contributed by atoms with Crippen LogP contribution in [0.1, 0.15) is 13.3 Å². The number of aliphatic hydroxyl groups excluding tert-OH is 3. The van der Waals surface area contributed by atoms with Crippen LogP contribution in [0.3, 0.4) is 0 Å². The Kier molecular flexibility index (Phi) is 6.45. The molecule has 0 amide bonds. The van der Waals surface area contributed by atoms with Crippen molar-refractivity contribution in [3.63, 3.8) is 0 Å². The molecule has 0 aromatic rings. The van der Waals surface area contributed by atoms with E-state index in [1.165, 1.54) is 0 Å². The van der Waals surface area contributed by atoms with Crippen molar-refractivity contribution in [1.82, 2.24) is 0 Å². The van der Waals surface area contributed by atoms with E-state index in [9.17, 15) is 0 Å². The fourth-order valence-electron chi connectivity index (χ4n) is 0.823. The van der Waals surface area contributed by atoms with Crippen molar-refractivity contribution < 1.29 is 20.1 Å². The third kappa shape index (κ3) is 4.31. The SMILES string of the molecule is CCC(OCCO)C(O)CO. The van der Waals surface area contributed by atoms with Crippen LogP contribution >= 0.6 is 0 Å². The highest BCUT2D eigenvalue weighted by atomic mass is 16.5. The topological polar surface area (TPSA) is 69.9 Å².